The van der Waals surface area contributed by atoms with Crippen molar-refractivity contribution in [2.45, 2.75) is 6.42 Å². The number of rotatable bonds is 3. The van der Waals surface area contributed by atoms with Crippen LogP contribution in [0.4, 0.5) is 8.78 Å². The summed E-state index contributed by atoms with van der Waals surface area (Å²) in [5.74, 6) is -2.87. The monoisotopic (exact) mass is 199 g/mol. The van der Waals surface area contributed by atoms with Crippen LogP contribution >= 0.6 is 0 Å². The van der Waals surface area contributed by atoms with Gasteiger partial charge in [-0.15, -0.1) is 0 Å². The van der Waals surface area contributed by atoms with E-state index in [0.29, 0.717) is 0 Å². The van der Waals surface area contributed by atoms with Gasteiger partial charge in [-0.05, 0) is 12.1 Å². The van der Waals surface area contributed by atoms with E-state index in [1.165, 1.54) is 18.2 Å². The van der Waals surface area contributed by atoms with Gasteiger partial charge in [-0.25, -0.2) is 0 Å². The molecule has 0 fully saturated rings. The van der Waals surface area contributed by atoms with Crippen LogP contribution < -0.4 is 0 Å². The molecule has 5 heteroatoms. The van der Waals surface area contributed by atoms with Crippen LogP contribution in [0.5, 0.6) is 0 Å². The van der Waals surface area contributed by atoms with E-state index in [9.17, 15) is 13.6 Å². The number of nitrogens with zero attached hydrogens (tertiary/aromatic N) is 1. The molecule has 1 heterocycles. The molecule has 0 spiro atoms. The van der Waals surface area contributed by atoms with E-state index in [1.54, 1.807) is 0 Å². The number of pyridine rings is 1. The predicted molar refractivity (Wildman–Crippen MR) is 45.4 cm³/mol. The molecule has 0 aliphatic rings. The van der Waals surface area contributed by atoms with Crippen LogP contribution in [0, 0.1) is 11.9 Å². The van der Waals surface area contributed by atoms with Gasteiger partial charge < -0.3 is 5.11 Å². The number of hydrogen-bond acceptors (Lipinski definition) is 2. The minimum absolute atomic E-state index is 0.0626. The van der Waals surface area contributed by atoms with Crippen LogP contribution in [0.15, 0.2) is 18.2 Å². The van der Waals surface area contributed by atoms with Gasteiger partial charge in [-0.2, -0.15) is 13.8 Å². The second-order valence-corrected chi connectivity index (χ2v) is 2.51. The summed E-state index contributed by atoms with van der Waals surface area (Å²) < 4.78 is 25.2. The number of carbonyl (C=O) groups is 1. The first-order valence-corrected chi connectivity index (χ1v) is 3.80. The third kappa shape index (κ3) is 2.93. The first-order chi connectivity index (χ1) is 6.59. The van der Waals surface area contributed by atoms with Gasteiger partial charge in [0.15, 0.2) is 0 Å². The van der Waals surface area contributed by atoms with Crippen LogP contribution in [-0.2, 0) is 4.79 Å². The first kappa shape index (κ1) is 10.3. The standard InChI is InChI=1S/C9H7F2NO2/c10-7-5-4-6(9(11)12-7)2-1-3-8(13)14/h1-2,4-5H,3H2,(H,13,14). The van der Waals surface area contributed by atoms with E-state index in [2.05, 4.69) is 4.98 Å². The highest BCUT2D eigenvalue weighted by molar-refractivity contribution is 5.70. The number of carboxylic acid groups (broad SMARTS) is 1. The summed E-state index contributed by atoms with van der Waals surface area (Å²) in [5.41, 5.74) is 0.0626. The zero-order valence-corrected chi connectivity index (χ0v) is 7.08. The minimum Gasteiger partial charge on any atom is -0.481 e. The Morgan fingerprint density at radius 3 is 2.79 bits per heavy atom. The molecule has 0 aromatic carbocycles. The molecule has 1 rings (SSSR count). The Kier molecular flexibility index (Phi) is 3.28. The third-order valence-electron chi connectivity index (χ3n) is 1.43. The molecule has 0 saturated heterocycles. The second-order valence-electron chi connectivity index (χ2n) is 2.51. The van der Waals surface area contributed by atoms with Crippen molar-refractivity contribution in [3.05, 3.63) is 35.7 Å². The van der Waals surface area contributed by atoms with Gasteiger partial charge in [0, 0.05) is 5.56 Å². The molecule has 0 amide bonds. The van der Waals surface area contributed by atoms with Crippen molar-refractivity contribution in [1.29, 1.82) is 0 Å². The Balaban J connectivity index is 2.76. The molecule has 0 aliphatic carbocycles. The number of carboxylic acids is 1. The molecule has 0 unspecified atom stereocenters. The van der Waals surface area contributed by atoms with Gasteiger partial charge in [0.2, 0.25) is 11.9 Å². The summed E-state index contributed by atoms with van der Waals surface area (Å²) in [4.78, 5) is 13.0. The molecule has 1 N–H and O–H groups in total. The summed E-state index contributed by atoms with van der Waals surface area (Å²) in [6.45, 7) is 0. The van der Waals surface area contributed by atoms with Gasteiger partial charge in [0.25, 0.3) is 0 Å². The molecular weight excluding hydrogens is 192 g/mol. The SMILES string of the molecule is O=C(O)CC=Cc1ccc(F)nc1F. The van der Waals surface area contributed by atoms with Crippen molar-refractivity contribution >= 4 is 12.0 Å². The summed E-state index contributed by atoms with van der Waals surface area (Å²) in [6, 6.07) is 2.19. The van der Waals surface area contributed by atoms with Crippen molar-refractivity contribution in [2.24, 2.45) is 0 Å². The fraction of sp³-hybridized carbons (Fsp3) is 0.111. The topological polar surface area (TPSA) is 50.2 Å². The molecule has 0 bridgehead atoms. The van der Waals surface area contributed by atoms with Gasteiger partial charge in [0.05, 0.1) is 6.42 Å². The van der Waals surface area contributed by atoms with Crippen molar-refractivity contribution in [1.82, 2.24) is 4.98 Å². The minimum atomic E-state index is -1.02. The number of halogens is 2. The van der Waals surface area contributed by atoms with E-state index in [1.807, 2.05) is 0 Å². The van der Waals surface area contributed by atoms with Crippen molar-refractivity contribution in [3.8, 4) is 0 Å². The van der Waals surface area contributed by atoms with Crippen molar-refractivity contribution in [3.63, 3.8) is 0 Å². The quantitative estimate of drug-likeness (QED) is 0.755. The van der Waals surface area contributed by atoms with Crippen LogP contribution in [-0.4, -0.2) is 16.1 Å². The maximum atomic E-state index is 12.8. The molecule has 0 atom stereocenters. The van der Waals surface area contributed by atoms with Crippen LogP contribution in [0.2, 0.25) is 0 Å². The number of aliphatic carboxylic acids is 1. The Morgan fingerprint density at radius 1 is 1.50 bits per heavy atom. The average molecular weight is 199 g/mol. The van der Waals surface area contributed by atoms with Gasteiger partial charge in [0.1, 0.15) is 0 Å². The van der Waals surface area contributed by atoms with E-state index >= 15 is 0 Å². The normalized spacial score (nSPS) is 10.7. The summed E-state index contributed by atoms with van der Waals surface area (Å²) >= 11 is 0. The molecule has 0 radical (unpaired) electrons. The molecule has 1 aromatic heterocycles. The number of aromatic nitrogens is 1. The second kappa shape index (κ2) is 4.45. The van der Waals surface area contributed by atoms with Crippen molar-refractivity contribution in [2.75, 3.05) is 0 Å². The molecule has 3 nitrogen and oxygen atoms in total. The van der Waals surface area contributed by atoms with E-state index in [0.717, 1.165) is 6.07 Å². The summed E-state index contributed by atoms with van der Waals surface area (Å²) in [7, 11) is 0. The highest BCUT2D eigenvalue weighted by Gasteiger charge is 2.01. The first-order valence-electron chi connectivity index (χ1n) is 3.80. The molecule has 0 saturated carbocycles. The van der Waals surface area contributed by atoms with E-state index in [4.69, 9.17) is 5.11 Å². The lowest BCUT2D eigenvalue weighted by Gasteiger charge is -1.94. The van der Waals surface area contributed by atoms with Crippen LogP contribution in [0.3, 0.4) is 0 Å². The van der Waals surface area contributed by atoms with Gasteiger partial charge in [-0.3, -0.25) is 4.79 Å². The van der Waals surface area contributed by atoms with Crippen LogP contribution in [0.1, 0.15) is 12.0 Å². The molecule has 0 aliphatic heterocycles. The third-order valence-corrected chi connectivity index (χ3v) is 1.43. The predicted octanol–water partition coefficient (Wildman–Crippen LogP) is 1.85. The van der Waals surface area contributed by atoms with Gasteiger partial charge >= 0.3 is 5.97 Å². The van der Waals surface area contributed by atoms with Gasteiger partial charge in [-0.1, -0.05) is 12.2 Å². The Labute approximate surface area is 78.7 Å². The Morgan fingerprint density at radius 2 is 2.21 bits per heavy atom. The Bertz CT molecular complexity index is 377. The number of hydrogen-bond donors (Lipinski definition) is 1. The highest BCUT2D eigenvalue weighted by atomic mass is 19.1. The lowest BCUT2D eigenvalue weighted by Crippen LogP contribution is -1.92. The average Bonchev–Trinajstić information content (AvgIpc) is 2.08. The Hall–Kier alpha value is -1.78. The molecule has 1 aromatic rings. The molecule has 14 heavy (non-hydrogen) atoms. The maximum Gasteiger partial charge on any atom is 0.307 e. The van der Waals surface area contributed by atoms with Crippen molar-refractivity contribution < 1.29 is 18.7 Å². The maximum absolute atomic E-state index is 12.8. The summed E-state index contributed by atoms with van der Waals surface area (Å²) in [5, 5.41) is 8.28. The fourth-order valence-electron chi connectivity index (χ4n) is 0.834. The van der Waals surface area contributed by atoms with Crippen LogP contribution in [0.25, 0.3) is 6.08 Å². The van der Waals surface area contributed by atoms with E-state index in [-0.39, 0.29) is 12.0 Å². The highest BCUT2D eigenvalue weighted by Crippen LogP contribution is 2.07. The largest absolute Gasteiger partial charge is 0.481 e. The lowest BCUT2D eigenvalue weighted by molar-refractivity contribution is -0.135. The van der Waals surface area contributed by atoms with E-state index < -0.39 is 17.9 Å². The summed E-state index contributed by atoms with van der Waals surface area (Å²) in [6.07, 6.45) is 2.30. The zero-order valence-electron chi connectivity index (χ0n) is 7.08. The smallest absolute Gasteiger partial charge is 0.307 e. The fourth-order valence-corrected chi connectivity index (χ4v) is 0.834. The molecule has 74 valence electrons. The lowest BCUT2D eigenvalue weighted by atomic mass is 10.2. The molecular formula is C9H7F2NO2. The zero-order chi connectivity index (χ0) is 10.6.